The molecule has 0 saturated carbocycles. The number of rotatable bonds is 10. The lowest BCUT2D eigenvalue weighted by Crippen LogP contribution is -2.33. The zero-order chi connectivity index (χ0) is 15.0. The average molecular weight is 346 g/mol. The Labute approximate surface area is 131 Å². The van der Waals surface area contributed by atoms with Crippen molar-refractivity contribution >= 4 is 15.9 Å². The van der Waals surface area contributed by atoms with Gasteiger partial charge in [-0.05, 0) is 49.2 Å². The van der Waals surface area contributed by atoms with Crippen molar-refractivity contribution in [3.63, 3.8) is 0 Å². The maximum absolute atomic E-state index is 5.49. The topological polar surface area (TPSA) is 39.1 Å². The largest absolute Gasteiger partial charge is 0.382 e. The highest BCUT2D eigenvalue weighted by atomic mass is 79.9. The normalized spacial score (nSPS) is 12.8. The number of hydrogen-bond acceptors (Lipinski definition) is 3. The first-order valence-corrected chi connectivity index (χ1v) is 8.52. The van der Waals surface area contributed by atoms with E-state index in [9.17, 15) is 0 Å². The third-order valence-corrected chi connectivity index (χ3v) is 4.36. The van der Waals surface area contributed by atoms with E-state index in [1.54, 1.807) is 0 Å². The highest BCUT2D eigenvalue weighted by Crippen LogP contribution is 2.24. The fourth-order valence-corrected chi connectivity index (χ4v) is 3.11. The molecular formula is C15H28BrN3O. The van der Waals surface area contributed by atoms with E-state index in [2.05, 4.69) is 51.8 Å². The van der Waals surface area contributed by atoms with Gasteiger partial charge in [0.15, 0.2) is 0 Å². The van der Waals surface area contributed by atoms with Crippen LogP contribution in [0.4, 0.5) is 0 Å². The Hall–Kier alpha value is -0.390. The zero-order valence-corrected chi connectivity index (χ0v) is 14.8. The van der Waals surface area contributed by atoms with E-state index in [4.69, 9.17) is 4.74 Å². The SMILES string of the molecule is CCNC(CCOCC)Cc1c(Br)c(CC)nn1CC. The quantitative estimate of drug-likeness (QED) is 0.662. The molecule has 0 bridgehead atoms. The number of nitrogens with one attached hydrogen (secondary N) is 1. The maximum Gasteiger partial charge on any atom is 0.0766 e. The summed E-state index contributed by atoms with van der Waals surface area (Å²) in [6.45, 7) is 12.0. The minimum absolute atomic E-state index is 0.439. The van der Waals surface area contributed by atoms with Crippen LogP contribution in [0.15, 0.2) is 4.47 Å². The van der Waals surface area contributed by atoms with Gasteiger partial charge in [0.25, 0.3) is 0 Å². The fourth-order valence-electron chi connectivity index (χ4n) is 2.38. The highest BCUT2D eigenvalue weighted by Gasteiger charge is 2.18. The summed E-state index contributed by atoms with van der Waals surface area (Å²) >= 11 is 3.72. The van der Waals surface area contributed by atoms with Gasteiger partial charge in [-0.25, -0.2) is 0 Å². The van der Waals surface area contributed by atoms with Gasteiger partial charge in [0.2, 0.25) is 0 Å². The average Bonchev–Trinajstić information content (AvgIpc) is 2.75. The summed E-state index contributed by atoms with van der Waals surface area (Å²) in [6, 6.07) is 0.439. The predicted molar refractivity (Wildman–Crippen MR) is 87.3 cm³/mol. The minimum atomic E-state index is 0.439. The molecule has 0 fully saturated rings. The van der Waals surface area contributed by atoms with E-state index in [1.165, 1.54) is 10.2 Å². The highest BCUT2D eigenvalue weighted by molar-refractivity contribution is 9.10. The molecule has 1 aromatic rings. The van der Waals surface area contributed by atoms with Crippen LogP contribution in [0, 0.1) is 0 Å². The molecule has 0 aliphatic heterocycles. The summed E-state index contributed by atoms with van der Waals surface area (Å²) in [5, 5.41) is 8.22. The molecule has 0 aliphatic rings. The maximum atomic E-state index is 5.49. The van der Waals surface area contributed by atoms with Crippen LogP contribution in [-0.2, 0) is 24.1 Å². The molecule has 1 atom stereocenters. The smallest absolute Gasteiger partial charge is 0.0766 e. The van der Waals surface area contributed by atoms with Crippen molar-refractivity contribution in [1.82, 2.24) is 15.1 Å². The molecule has 1 aromatic heterocycles. The van der Waals surface area contributed by atoms with Crippen molar-refractivity contribution in [2.45, 2.75) is 59.5 Å². The number of halogens is 1. The number of aromatic nitrogens is 2. The number of nitrogens with zero attached hydrogens (tertiary/aromatic N) is 2. The minimum Gasteiger partial charge on any atom is -0.382 e. The van der Waals surface area contributed by atoms with Crippen molar-refractivity contribution in [3.05, 3.63) is 15.9 Å². The van der Waals surface area contributed by atoms with Crippen LogP contribution in [0.25, 0.3) is 0 Å². The number of hydrogen-bond donors (Lipinski definition) is 1. The molecule has 1 rings (SSSR count). The van der Waals surface area contributed by atoms with Crippen LogP contribution < -0.4 is 5.32 Å². The molecule has 4 nitrogen and oxygen atoms in total. The van der Waals surface area contributed by atoms with Crippen molar-refractivity contribution in [2.75, 3.05) is 19.8 Å². The van der Waals surface area contributed by atoms with E-state index in [0.29, 0.717) is 6.04 Å². The molecule has 1 heterocycles. The summed E-state index contributed by atoms with van der Waals surface area (Å²) < 4.78 is 8.79. The Bertz CT molecular complexity index is 393. The Morgan fingerprint density at radius 2 is 2.05 bits per heavy atom. The molecule has 1 unspecified atom stereocenters. The van der Waals surface area contributed by atoms with E-state index in [1.807, 2.05) is 6.92 Å². The van der Waals surface area contributed by atoms with Gasteiger partial charge in [-0.3, -0.25) is 4.68 Å². The van der Waals surface area contributed by atoms with E-state index in [0.717, 1.165) is 51.3 Å². The van der Waals surface area contributed by atoms with Gasteiger partial charge in [0.1, 0.15) is 0 Å². The molecule has 0 amide bonds. The summed E-state index contributed by atoms with van der Waals surface area (Å²) in [5.41, 5.74) is 2.45. The third kappa shape index (κ3) is 4.86. The summed E-state index contributed by atoms with van der Waals surface area (Å²) in [6.07, 6.45) is 2.98. The second kappa shape index (κ2) is 9.53. The summed E-state index contributed by atoms with van der Waals surface area (Å²) in [4.78, 5) is 0. The van der Waals surface area contributed by atoms with Gasteiger partial charge in [-0.2, -0.15) is 5.10 Å². The van der Waals surface area contributed by atoms with Gasteiger partial charge in [-0.15, -0.1) is 0 Å². The number of likely N-dealkylation sites (N-methyl/N-ethyl adjacent to an activating group) is 1. The zero-order valence-electron chi connectivity index (χ0n) is 13.2. The van der Waals surface area contributed by atoms with Crippen molar-refractivity contribution in [2.24, 2.45) is 0 Å². The molecule has 0 saturated heterocycles. The van der Waals surface area contributed by atoms with Crippen molar-refractivity contribution < 1.29 is 4.74 Å². The summed E-state index contributed by atoms with van der Waals surface area (Å²) in [7, 11) is 0. The molecule has 0 radical (unpaired) electrons. The van der Waals surface area contributed by atoms with Crippen molar-refractivity contribution in [3.8, 4) is 0 Å². The van der Waals surface area contributed by atoms with Gasteiger partial charge < -0.3 is 10.1 Å². The Balaban J connectivity index is 2.78. The van der Waals surface area contributed by atoms with Gasteiger partial charge in [0.05, 0.1) is 15.9 Å². The molecular weight excluding hydrogens is 318 g/mol. The van der Waals surface area contributed by atoms with Crippen LogP contribution in [0.2, 0.25) is 0 Å². The molecule has 116 valence electrons. The Morgan fingerprint density at radius 3 is 2.60 bits per heavy atom. The van der Waals surface area contributed by atoms with Crippen LogP contribution >= 0.6 is 15.9 Å². The van der Waals surface area contributed by atoms with Crippen LogP contribution in [-0.4, -0.2) is 35.6 Å². The molecule has 5 heteroatoms. The molecule has 0 aliphatic carbocycles. The second-order valence-electron chi connectivity index (χ2n) is 4.82. The molecule has 0 spiro atoms. The predicted octanol–water partition coefficient (Wildman–Crippen LogP) is 3.18. The standard InChI is InChI=1S/C15H28BrN3O/c1-5-13-15(16)14(19(7-3)18-13)11-12(17-6-2)9-10-20-8-4/h12,17H,5-11H2,1-4H3. The van der Waals surface area contributed by atoms with E-state index < -0.39 is 0 Å². The third-order valence-electron chi connectivity index (χ3n) is 3.44. The molecule has 1 N–H and O–H groups in total. The van der Waals surface area contributed by atoms with Crippen LogP contribution in [0.1, 0.15) is 45.5 Å². The Morgan fingerprint density at radius 1 is 1.30 bits per heavy atom. The van der Waals surface area contributed by atoms with E-state index in [-0.39, 0.29) is 0 Å². The monoisotopic (exact) mass is 345 g/mol. The van der Waals surface area contributed by atoms with Crippen molar-refractivity contribution in [1.29, 1.82) is 0 Å². The Kier molecular flexibility index (Phi) is 8.41. The lowest BCUT2D eigenvalue weighted by atomic mass is 10.1. The van der Waals surface area contributed by atoms with Gasteiger partial charge >= 0.3 is 0 Å². The summed E-state index contributed by atoms with van der Waals surface area (Å²) in [5.74, 6) is 0. The van der Waals surface area contributed by atoms with Gasteiger partial charge in [0, 0.05) is 32.2 Å². The second-order valence-corrected chi connectivity index (χ2v) is 5.61. The van der Waals surface area contributed by atoms with Gasteiger partial charge in [-0.1, -0.05) is 13.8 Å². The van der Waals surface area contributed by atoms with Crippen LogP contribution in [0.5, 0.6) is 0 Å². The van der Waals surface area contributed by atoms with E-state index >= 15 is 0 Å². The molecule has 0 aromatic carbocycles. The number of aryl methyl sites for hydroxylation is 2. The lowest BCUT2D eigenvalue weighted by Gasteiger charge is -2.18. The number of ether oxygens (including phenoxy) is 1. The first-order chi connectivity index (χ1) is 9.67. The first-order valence-electron chi connectivity index (χ1n) is 7.72. The molecule has 20 heavy (non-hydrogen) atoms. The fraction of sp³-hybridized carbons (Fsp3) is 0.800. The first kappa shape index (κ1) is 17.7. The lowest BCUT2D eigenvalue weighted by molar-refractivity contribution is 0.136. The van der Waals surface area contributed by atoms with Crippen LogP contribution in [0.3, 0.4) is 0 Å².